The van der Waals surface area contributed by atoms with Gasteiger partial charge in [0.1, 0.15) is 0 Å². The van der Waals surface area contributed by atoms with Crippen LogP contribution in [0.2, 0.25) is 10.0 Å². The summed E-state index contributed by atoms with van der Waals surface area (Å²) in [5.74, 6) is 0. The van der Waals surface area contributed by atoms with Gasteiger partial charge in [-0.2, -0.15) is 0 Å². The number of aryl methyl sites for hydroxylation is 3. The average Bonchev–Trinajstić information content (AvgIpc) is 2.73. The molecule has 1 N–H and O–H groups in total. The van der Waals surface area contributed by atoms with Gasteiger partial charge >= 0.3 is 0 Å². The molecular weight excluding hydrogens is 323 g/mol. The van der Waals surface area contributed by atoms with E-state index < -0.39 is 0 Å². The number of nitrogens with one attached hydrogen (secondary N) is 1. The summed E-state index contributed by atoms with van der Waals surface area (Å²) in [5, 5.41) is 1.35. The molecule has 5 heteroatoms. The van der Waals surface area contributed by atoms with Crippen LogP contribution in [-0.2, 0) is 13.0 Å². The van der Waals surface area contributed by atoms with Crippen LogP contribution in [0.5, 0.6) is 0 Å². The van der Waals surface area contributed by atoms with Crippen molar-refractivity contribution in [2.24, 2.45) is 0 Å². The first-order chi connectivity index (χ1) is 10.0. The van der Waals surface area contributed by atoms with E-state index in [1.54, 1.807) is 6.07 Å². The zero-order valence-corrected chi connectivity index (χ0v) is 13.8. The maximum Gasteiger partial charge on any atom is 0.178 e. The monoisotopic (exact) mass is 336 g/mol. The number of aromatic nitrogens is 2. The summed E-state index contributed by atoms with van der Waals surface area (Å²) in [5.41, 5.74) is 4.48. The minimum Gasteiger partial charge on any atom is -0.331 e. The van der Waals surface area contributed by atoms with Crippen LogP contribution in [-0.4, -0.2) is 9.55 Å². The Morgan fingerprint density at radius 2 is 1.95 bits per heavy atom. The van der Waals surface area contributed by atoms with Gasteiger partial charge in [-0.05, 0) is 61.0 Å². The Hall–Kier alpha value is -1.29. The first-order valence-electron chi connectivity index (χ1n) is 6.68. The number of H-pyrrole nitrogens is 1. The highest BCUT2D eigenvalue weighted by atomic mass is 35.5. The van der Waals surface area contributed by atoms with Crippen LogP contribution >= 0.6 is 35.4 Å². The maximum absolute atomic E-state index is 6.23. The lowest BCUT2D eigenvalue weighted by molar-refractivity contribution is 0.706. The second-order valence-electron chi connectivity index (χ2n) is 5.09. The third kappa shape index (κ3) is 3.00. The summed E-state index contributed by atoms with van der Waals surface area (Å²) in [6.45, 7) is 2.86. The number of nitrogens with zero attached hydrogens (tertiary/aromatic N) is 1. The van der Waals surface area contributed by atoms with E-state index in [2.05, 4.69) is 34.7 Å². The van der Waals surface area contributed by atoms with Gasteiger partial charge in [-0.15, -0.1) is 0 Å². The van der Waals surface area contributed by atoms with Crippen LogP contribution in [0.15, 0.2) is 36.4 Å². The molecule has 108 valence electrons. The van der Waals surface area contributed by atoms with Gasteiger partial charge in [0.15, 0.2) is 4.77 Å². The smallest absolute Gasteiger partial charge is 0.178 e. The number of hydrogen-bond donors (Lipinski definition) is 1. The minimum atomic E-state index is 0.656. The van der Waals surface area contributed by atoms with E-state index >= 15 is 0 Å². The van der Waals surface area contributed by atoms with Crippen molar-refractivity contribution in [2.75, 3.05) is 0 Å². The highest BCUT2D eigenvalue weighted by Crippen LogP contribution is 2.23. The largest absolute Gasteiger partial charge is 0.331 e. The zero-order valence-electron chi connectivity index (χ0n) is 11.5. The second kappa shape index (κ2) is 5.84. The molecular formula is C16H14Cl2N2S. The van der Waals surface area contributed by atoms with Crippen LogP contribution < -0.4 is 0 Å². The molecule has 1 heterocycles. The molecule has 0 bridgehead atoms. The van der Waals surface area contributed by atoms with Gasteiger partial charge < -0.3 is 9.55 Å². The van der Waals surface area contributed by atoms with Crippen LogP contribution in [0.4, 0.5) is 0 Å². The lowest BCUT2D eigenvalue weighted by Crippen LogP contribution is -2.02. The quantitative estimate of drug-likeness (QED) is 0.621. The van der Waals surface area contributed by atoms with Crippen molar-refractivity contribution in [3.05, 3.63) is 62.3 Å². The van der Waals surface area contributed by atoms with Crippen molar-refractivity contribution < 1.29 is 0 Å². The summed E-state index contributed by atoms with van der Waals surface area (Å²) in [6.07, 6.45) is 0.811. The predicted octanol–water partition coefficient (Wildman–Crippen LogP) is 5.56. The van der Waals surface area contributed by atoms with E-state index in [-0.39, 0.29) is 0 Å². The molecule has 0 fully saturated rings. The molecule has 2 aromatic carbocycles. The fourth-order valence-electron chi connectivity index (χ4n) is 2.44. The zero-order chi connectivity index (χ0) is 15.0. The third-order valence-corrected chi connectivity index (χ3v) is 4.46. The molecule has 21 heavy (non-hydrogen) atoms. The van der Waals surface area contributed by atoms with Crippen LogP contribution in [0.25, 0.3) is 11.0 Å². The maximum atomic E-state index is 6.23. The van der Waals surface area contributed by atoms with E-state index in [4.69, 9.17) is 35.4 Å². The van der Waals surface area contributed by atoms with E-state index in [9.17, 15) is 0 Å². The lowest BCUT2D eigenvalue weighted by Gasteiger charge is -2.07. The summed E-state index contributed by atoms with van der Waals surface area (Å²) in [7, 11) is 0. The number of fused-ring (bicyclic) bond motifs is 1. The fraction of sp³-hybridized carbons (Fsp3) is 0.188. The van der Waals surface area contributed by atoms with Crippen molar-refractivity contribution in [1.29, 1.82) is 0 Å². The Bertz CT molecular complexity index is 864. The number of rotatable bonds is 3. The Morgan fingerprint density at radius 1 is 1.14 bits per heavy atom. The first kappa shape index (κ1) is 14.6. The van der Waals surface area contributed by atoms with Gasteiger partial charge in [0.25, 0.3) is 0 Å². The average molecular weight is 337 g/mol. The van der Waals surface area contributed by atoms with Crippen molar-refractivity contribution in [3.8, 4) is 0 Å². The van der Waals surface area contributed by atoms with E-state index in [0.717, 1.165) is 34.3 Å². The SMILES string of the molecule is Cc1ccc2[nH]c(=S)n(CCc3ccc(Cl)cc3Cl)c2c1. The third-order valence-electron chi connectivity index (χ3n) is 3.55. The number of aromatic amines is 1. The van der Waals surface area contributed by atoms with Crippen molar-refractivity contribution in [3.63, 3.8) is 0 Å². The highest BCUT2D eigenvalue weighted by molar-refractivity contribution is 7.71. The van der Waals surface area contributed by atoms with Crippen molar-refractivity contribution in [2.45, 2.75) is 19.9 Å². The molecule has 0 saturated heterocycles. The summed E-state index contributed by atoms with van der Waals surface area (Å²) in [4.78, 5) is 3.24. The van der Waals surface area contributed by atoms with Gasteiger partial charge in [0.2, 0.25) is 0 Å². The first-order valence-corrected chi connectivity index (χ1v) is 7.84. The summed E-state index contributed by atoms with van der Waals surface area (Å²) < 4.78 is 2.85. The molecule has 0 aliphatic carbocycles. The molecule has 0 amide bonds. The molecule has 1 aromatic heterocycles. The number of halogens is 2. The van der Waals surface area contributed by atoms with E-state index in [0.29, 0.717) is 10.0 Å². The number of benzene rings is 2. The Balaban J connectivity index is 1.93. The van der Waals surface area contributed by atoms with Crippen LogP contribution in [0.3, 0.4) is 0 Å². The van der Waals surface area contributed by atoms with Gasteiger partial charge in [0.05, 0.1) is 11.0 Å². The number of imidazole rings is 1. The summed E-state index contributed by atoms with van der Waals surface area (Å²) >= 11 is 17.6. The van der Waals surface area contributed by atoms with Gasteiger partial charge in [-0.25, -0.2) is 0 Å². The molecule has 0 spiro atoms. The highest BCUT2D eigenvalue weighted by Gasteiger charge is 2.07. The summed E-state index contributed by atoms with van der Waals surface area (Å²) in [6, 6.07) is 11.9. The van der Waals surface area contributed by atoms with Crippen LogP contribution in [0, 0.1) is 11.7 Å². The number of hydrogen-bond acceptors (Lipinski definition) is 1. The Kier molecular flexibility index (Phi) is 4.07. The lowest BCUT2D eigenvalue weighted by atomic mass is 10.1. The van der Waals surface area contributed by atoms with Gasteiger partial charge in [-0.3, -0.25) is 0 Å². The Morgan fingerprint density at radius 3 is 2.71 bits per heavy atom. The molecule has 0 aliphatic rings. The molecule has 0 saturated carbocycles. The molecule has 3 aromatic rings. The van der Waals surface area contributed by atoms with Crippen molar-refractivity contribution in [1.82, 2.24) is 9.55 Å². The van der Waals surface area contributed by atoms with Gasteiger partial charge in [0, 0.05) is 16.6 Å². The molecule has 0 atom stereocenters. The van der Waals surface area contributed by atoms with Crippen LogP contribution in [0.1, 0.15) is 11.1 Å². The standard InChI is InChI=1S/C16H14Cl2N2S/c1-10-2-5-14-15(8-10)20(16(21)19-14)7-6-11-3-4-12(17)9-13(11)18/h2-5,8-9H,6-7H2,1H3,(H,19,21). The second-order valence-corrected chi connectivity index (χ2v) is 6.32. The normalized spacial score (nSPS) is 11.2. The van der Waals surface area contributed by atoms with Crippen molar-refractivity contribution >= 4 is 46.5 Å². The minimum absolute atomic E-state index is 0.656. The molecule has 3 rings (SSSR count). The molecule has 2 nitrogen and oxygen atoms in total. The molecule has 0 unspecified atom stereocenters. The molecule has 0 aliphatic heterocycles. The molecule has 0 radical (unpaired) electrons. The van der Waals surface area contributed by atoms with Gasteiger partial charge in [-0.1, -0.05) is 35.3 Å². The Labute approximate surface area is 138 Å². The van der Waals surface area contributed by atoms with E-state index in [1.165, 1.54) is 5.56 Å². The fourth-order valence-corrected chi connectivity index (χ4v) is 3.24. The topological polar surface area (TPSA) is 20.7 Å². The van der Waals surface area contributed by atoms with E-state index in [1.807, 2.05) is 12.1 Å². The predicted molar refractivity (Wildman–Crippen MR) is 92.0 cm³/mol.